The normalized spacial score (nSPS) is 15.1. The Bertz CT molecular complexity index is 1180. The van der Waals surface area contributed by atoms with Crippen molar-refractivity contribution < 1.29 is 42.7 Å². The van der Waals surface area contributed by atoms with E-state index >= 15 is 0 Å². The van der Waals surface area contributed by atoms with Gasteiger partial charge in [-0.1, -0.05) is 65.1 Å². The highest BCUT2D eigenvalue weighted by atomic mass is 32.2. The van der Waals surface area contributed by atoms with Crippen molar-refractivity contribution in [2.75, 3.05) is 44.2 Å². The van der Waals surface area contributed by atoms with Gasteiger partial charge in [0, 0.05) is 29.4 Å². The Balaban J connectivity index is 2.07. The van der Waals surface area contributed by atoms with Crippen LogP contribution in [0.1, 0.15) is 53.3 Å². The number of nitrogens with zero attached hydrogens (tertiary/aromatic N) is 3. The molecule has 2 aromatic rings. The number of nitrogen functional groups attached to an aromatic ring is 1. The van der Waals surface area contributed by atoms with Gasteiger partial charge in [0.05, 0.1) is 25.5 Å². The molecule has 0 bridgehead atoms. The van der Waals surface area contributed by atoms with Gasteiger partial charge in [-0.05, 0) is 12.1 Å². The van der Waals surface area contributed by atoms with Gasteiger partial charge in [-0.3, -0.25) is 23.2 Å². The van der Waals surface area contributed by atoms with Crippen molar-refractivity contribution in [2.24, 2.45) is 10.8 Å². The summed E-state index contributed by atoms with van der Waals surface area (Å²) in [6.45, 7) is 10.0. The second kappa shape index (κ2) is 15.3. The second-order valence-electron chi connectivity index (χ2n) is 11.1. The quantitative estimate of drug-likeness (QED) is 0.191. The smallest absolute Gasteiger partial charge is 0.387 e. The molecule has 0 spiro atoms. The number of phosphoric ester groups is 1. The number of nitrogens with two attached hydrogens (primary N) is 1. The summed E-state index contributed by atoms with van der Waals surface area (Å²) in [4.78, 5) is 28.3. The van der Waals surface area contributed by atoms with Crippen LogP contribution in [0, 0.1) is 10.8 Å². The van der Waals surface area contributed by atoms with Crippen LogP contribution in [0.25, 0.3) is 5.52 Å². The molecule has 0 aliphatic heterocycles. The summed E-state index contributed by atoms with van der Waals surface area (Å²) >= 11 is 2.07. The fourth-order valence-electron chi connectivity index (χ4n) is 3.16. The molecule has 232 valence electrons. The van der Waals surface area contributed by atoms with Crippen molar-refractivity contribution in [1.29, 1.82) is 0 Å². The van der Waals surface area contributed by atoms with Crippen LogP contribution < -0.4 is 5.73 Å². The number of hydrogen-bond donors (Lipinski definition) is 3. The molecule has 0 aliphatic carbocycles. The lowest BCUT2D eigenvalue weighted by atomic mass is 9.99. The molecule has 16 heteroatoms. The van der Waals surface area contributed by atoms with Crippen LogP contribution in [0.2, 0.25) is 0 Å². The van der Waals surface area contributed by atoms with Crippen molar-refractivity contribution in [3.63, 3.8) is 0 Å². The minimum absolute atomic E-state index is 0.0589. The van der Waals surface area contributed by atoms with Crippen molar-refractivity contribution >= 4 is 52.9 Å². The number of carbonyl (C=O) groups is 2. The third-order valence-corrected chi connectivity index (χ3v) is 9.53. The molecule has 4 N–H and O–H groups in total. The highest BCUT2D eigenvalue weighted by Gasteiger charge is 2.35. The number of carbonyl (C=O) groups excluding carboxylic acids is 2. The minimum Gasteiger partial charge on any atom is -0.387 e. The standard InChI is InChI=1S/C25H41N4O9PS2/c1-24(2,3)22(32)40-12-10-36-39(34,37-11-13-41-23(33)25(4,5)6)38-14-18(35-7)20(31)19(30)16-8-9-17-21(26)27-15-28-29(16)17/h8-9,15,18-20,30-31H,10-14H2,1-7H3,(H2,26,27,28)/t18-,19+,20-/m1/s1. The van der Waals surface area contributed by atoms with Crippen molar-refractivity contribution in [3.05, 3.63) is 24.2 Å². The molecule has 13 nitrogen and oxygen atoms in total. The van der Waals surface area contributed by atoms with Crippen molar-refractivity contribution in [1.82, 2.24) is 14.6 Å². The number of aliphatic hydroxyl groups is 2. The number of ether oxygens (including phenoxy) is 1. The number of thioether (sulfide) groups is 2. The van der Waals surface area contributed by atoms with Gasteiger partial charge in [0.2, 0.25) is 0 Å². The predicted molar refractivity (Wildman–Crippen MR) is 158 cm³/mol. The summed E-state index contributed by atoms with van der Waals surface area (Å²) < 4.78 is 36.5. The first-order valence-electron chi connectivity index (χ1n) is 12.9. The molecule has 2 aromatic heterocycles. The van der Waals surface area contributed by atoms with Crippen LogP contribution in [0.3, 0.4) is 0 Å². The van der Waals surface area contributed by atoms with Crippen molar-refractivity contribution in [3.8, 4) is 0 Å². The van der Waals surface area contributed by atoms with Crippen LogP contribution >= 0.6 is 31.3 Å². The van der Waals surface area contributed by atoms with Gasteiger partial charge in [-0.2, -0.15) is 5.10 Å². The molecule has 0 aliphatic rings. The number of hydrogen-bond acceptors (Lipinski definition) is 14. The van der Waals surface area contributed by atoms with E-state index in [-0.39, 0.29) is 46.5 Å². The van der Waals surface area contributed by atoms with Crippen LogP contribution in [0.5, 0.6) is 0 Å². The van der Waals surface area contributed by atoms with Crippen LogP contribution in [-0.2, 0) is 32.5 Å². The number of anilines is 1. The Labute approximate surface area is 248 Å². The maximum absolute atomic E-state index is 13.5. The Hall–Kier alpha value is -1.55. The van der Waals surface area contributed by atoms with Crippen LogP contribution in [0.4, 0.5) is 5.82 Å². The number of phosphoric acid groups is 1. The average molecular weight is 637 g/mol. The Morgan fingerprint density at radius 3 is 2.02 bits per heavy atom. The summed E-state index contributed by atoms with van der Waals surface area (Å²) in [6.07, 6.45) is -2.97. The van der Waals surface area contributed by atoms with Gasteiger partial charge in [0.1, 0.15) is 30.2 Å². The van der Waals surface area contributed by atoms with E-state index in [1.165, 1.54) is 24.0 Å². The van der Waals surface area contributed by atoms with E-state index in [0.717, 1.165) is 23.5 Å². The van der Waals surface area contributed by atoms with Gasteiger partial charge in [0.15, 0.2) is 16.0 Å². The summed E-state index contributed by atoms with van der Waals surface area (Å²) in [7, 11) is -2.94. The topological polar surface area (TPSA) is 185 Å². The SMILES string of the molecule is CO[C@H](COP(=O)(OCCSC(=O)C(C)(C)C)OCCSC(=O)C(C)(C)C)[C@@H](O)[C@@H](O)c1ccc2c(N)ncnn12. The molecule has 0 amide bonds. The molecular weight excluding hydrogens is 595 g/mol. The molecule has 0 aromatic carbocycles. The molecule has 0 saturated carbocycles. The second-order valence-corrected chi connectivity index (χ2v) is 14.9. The van der Waals surface area contributed by atoms with Crippen LogP contribution in [-0.4, -0.2) is 85.7 Å². The lowest BCUT2D eigenvalue weighted by Crippen LogP contribution is -2.37. The monoisotopic (exact) mass is 636 g/mol. The Morgan fingerprint density at radius 2 is 1.54 bits per heavy atom. The lowest BCUT2D eigenvalue weighted by Gasteiger charge is -2.27. The number of methoxy groups -OCH3 is 1. The molecule has 3 atom stereocenters. The largest absolute Gasteiger partial charge is 0.474 e. The van der Waals surface area contributed by atoms with E-state index in [0.29, 0.717) is 5.52 Å². The van der Waals surface area contributed by atoms with E-state index in [2.05, 4.69) is 10.1 Å². The van der Waals surface area contributed by atoms with Gasteiger partial charge < -0.3 is 20.7 Å². The molecule has 0 fully saturated rings. The lowest BCUT2D eigenvalue weighted by molar-refractivity contribution is -0.118. The molecular formula is C25H41N4O9PS2. The van der Waals surface area contributed by atoms with E-state index in [4.69, 9.17) is 24.0 Å². The van der Waals surface area contributed by atoms with Gasteiger partial charge in [-0.25, -0.2) is 14.1 Å². The fraction of sp³-hybridized carbons (Fsp3) is 0.680. The van der Waals surface area contributed by atoms with E-state index in [1.54, 1.807) is 47.6 Å². The number of rotatable bonds is 15. The zero-order valence-corrected chi connectivity index (χ0v) is 27.0. The average Bonchev–Trinajstić information content (AvgIpc) is 3.33. The summed E-state index contributed by atoms with van der Waals surface area (Å²) in [5, 5.41) is 25.7. The zero-order chi connectivity index (χ0) is 31.0. The van der Waals surface area contributed by atoms with Crippen LogP contribution in [0.15, 0.2) is 18.5 Å². The predicted octanol–water partition coefficient (Wildman–Crippen LogP) is 3.49. The van der Waals surface area contributed by atoms with E-state index < -0.39 is 43.6 Å². The molecule has 2 rings (SSSR count). The van der Waals surface area contributed by atoms with Crippen molar-refractivity contribution in [2.45, 2.75) is 59.9 Å². The summed E-state index contributed by atoms with van der Waals surface area (Å²) in [5.74, 6) is 0.594. The third kappa shape index (κ3) is 10.6. The first-order chi connectivity index (χ1) is 19.0. The highest BCUT2D eigenvalue weighted by Crippen LogP contribution is 2.50. The van der Waals surface area contributed by atoms with E-state index in [9.17, 15) is 24.4 Å². The number of aromatic nitrogens is 3. The highest BCUT2D eigenvalue weighted by molar-refractivity contribution is 8.14. The zero-order valence-electron chi connectivity index (χ0n) is 24.4. The molecule has 0 radical (unpaired) electrons. The molecule has 0 unspecified atom stereocenters. The molecule has 0 saturated heterocycles. The van der Waals surface area contributed by atoms with Gasteiger partial charge in [-0.15, -0.1) is 0 Å². The third-order valence-electron chi connectivity index (χ3n) is 5.57. The first-order valence-corrected chi connectivity index (χ1v) is 16.3. The fourth-order valence-corrected chi connectivity index (χ4v) is 6.16. The maximum Gasteiger partial charge on any atom is 0.474 e. The number of aliphatic hydroxyl groups excluding tert-OH is 2. The Kier molecular flexibility index (Phi) is 13.3. The maximum atomic E-state index is 13.5. The molecule has 2 heterocycles. The van der Waals surface area contributed by atoms with Gasteiger partial charge >= 0.3 is 7.82 Å². The van der Waals surface area contributed by atoms with Gasteiger partial charge in [0.25, 0.3) is 0 Å². The minimum atomic E-state index is -4.23. The summed E-state index contributed by atoms with van der Waals surface area (Å²) in [5.41, 5.74) is 5.40. The number of fused-ring (bicyclic) bond motifs is 1. The van der Waals surface area contributed by atoms with E-state index in [1.807, 2.05) is 0 Å². The molecule has 41 heavy (non-hydrogen) atoms. The Morgan fingerprint density at radius 1 is 1.00 bits per heavy atom. The summed E-state index contributed by atoms with van der Waals surface area (Å²) in [6, 6.07) is 3.13. The first kappa shape index (κ1) is 35.6.